The summed E-state index contributed by atoms with van der Waals surface area (Å²) >= 11 is 0. The number of carbonyl (C=O) groups is 1. The molecule has 3 aromatic heterocycles. The number of ketones is 1. The molecule has 7 heteroatoms. The molecular weight excluding hydrogens is 298 g/mol. The van der Waals surface area contributed by atoms with Crippen LogP contribution < -0.4 is 5.32 Å². The molecule has 0 aromatic carbocycles. The van der Waals surface area contributed by atoms with E-state index < -0.39 is 5.60 Å². The fourth-order valence-electron chi connectivity index (χ4n) is 2.53. The summed E-state index contributed by atoms with van der Waals surface area (Å²) in [4.78, 5) is 20.1. The first kappa shape index (κ1) is 15.2. The van der Waals surface area contributed by atoms with E-state index in [0.29, 0.717) is 34.0 Å². The molecule has 0 spiro atoms. The number of rotatable bonds is 5. The van der Waals surface area contributed by atoms with Crippen molar-refractivity contribution in [1.29, 1.82) is 0 Å². The number of anilines is 1. The maximum Gasteiger partial charge on any atom is 0.232 e. The van der Waals surface area contributed by atoms with Crippen LogP contribution in [-0.2, 0) is 5.60 Å². The number of nitrogens with zero attached hydrogens (tertiary/aromatic N) is 2. The van der Waals surface area contributed by atoms with Gasteiger partial charge in [-0.3, -0.25) is 4.79 Å². The lowest BCUT2D eigenvalue weighted by Crippen LogP contribution is -2.30. The molecule has 7 nitrogen and oxygen atoms in total. The largest absolute Gasteiger partial charge is 0.466 e. The minimum Gasteiger partial charge on any atom is -0.466 e. The molecule has 0 saturated heterocycles. The van der Waals surface area contributed by atoms with E-state index in [1.807, 2.05) is 0 Å². The van der Waals surface area contributed by atoms with E-state index >= 15 is 0 Å². The first-order valence-electron chi connectivity index (χ1n) is 7.15. The summed E-state index contributed by atoms with van der Waals surface area (Å²) in [6.45, 7) is 4.95. The first-order valence-corrected chi connectivity index (χ1v) is 7.15. The van der Waals surface area contributed by atoms with E-state index in [1.54, 1.807) is 26.0 Å². The number of aromatic nitrogens is 2. The summed E-state index contributed by atoms with van der Waals surface area (Å²) in [5.41, 5.74) is -0.445. The third-order valence-electron chi connectivity index (χ3n) is 3.67. The molecule has 0 bridgehead atoms. The molecule has 1 unspecified atom stereocenters. The van der Waals surface area contributed by atoms with Crippen molar-refractivity contribution in [3.8, 4) is 0 Å². The minimum atomic E-state index is -1.23. The molecule has 23 heavy (non-hydrogen) atoms. The average molecular weight is 315 g/mol. The van der Waals surface area contributed by atoms with Crippen molar-refractivity contribution >= 4 is 22.7 Å². The molecule has 0 fully saturated rings. The lowest BCUT2D eigenvalue weighted by atomic mass is 10.0. The van der Waals surface area contributed by atoms with Crippen LogP contribution in [0.15, 0.2) is 33.6 Å². The van der Waals surface area contributed by atoms with Crippen LogP contribution in [0.3, 0.4) is 0 Å². The van der Waals surface area contributed by atoms with Crippen LogP contribution in [0.25, 0.3) is 11.1 Å². The highest BCUT2D eigenvalue weighted by Crippen LogP contribution is 2.30. The third kappa shape index (κ3) is 2.70. The van der Waals surface area contributed by atoms with E-state index in [4.69, 9.17) is 8.83 Å². The van der Waals surface area contributed by atoms with Gasteiger partial charge < -0.3 is 19.3 Å². The van der Waals surface area contributed by atoms with Gasteiger partial charge in [-0.15, -0.1) is 0 Å². The van der Waals surface area contributed by atoms with Crippen molar-refractivity contribution in [2.24, 2.45) is 0 Å². The van der Waals surface area contributed by atoms with Crippen LogP contribution >= 0.6 is 0 Å². The predicted octanol–water partition coefficient (Wildman–Crippen LogP) is 2.65. The number of furan rings is 2. The molecule has 0 aliphatic heterocycles. The summed E-state index contributed by atoms with van der Waals surface area (Å²) in [7, 11) is 0. The second kappa shape index (κ2) is 5.51. The Kier molecular flexibility index (Phi) is 3.65. The second-order valence-electron chi connectivity index (χ2n) is 5.60. The number of Topliss-reactive ketones (excluding diaryl/α,β-unsaturated/α-hetero) is 1. The van der Waals surface area contributed by atoms with Crippen LogP contribution in [0.2, 0.25) is 0 Å². The summed E-state index contributed by atoms with van der Waals surface area (Å²) in [6.07, 6.45) is 2.85. The van der Waals surface area contributed by atoms with Crippen LogP contribution in [0.5, 0.6) is 0 Å². The topological polar surface area (TPSA) is 101 Å². The zero-order valence-electron chi connectivity index (χ0n) is 13.1. The SMILES string of the molecule is CC(=O)c1c(C)oc2ncnc(NCC(C)(O)c3ccco3)c12. The highest BCUT2D eigenvalue weighted by molar-refractivity contribution is 6.09. The zero-order valence-corrected chi connectivity index (χ0v) is 13.1. The van der Waals surface area contributed by atoms with Crippen LogP contribution in [-0.4, -0.2) is 27.4 Å². The van der Waals surface area contributed by atoms with Gasteiger partial charge in [0.15, 0.2) is 5.78 Å². The molecule has 2 N–H and O–H groups in total. The molecule has 3 heterocycles. The number of hydrogen-bond donors (Lipinski definition) is 2. The number of aliphatic hydroxyl groups is 1. The standard InChI is InChI=1S/C16H17N3O4/c1-9(20)12-10(2)23-15-13(12)14(18-8-19-15)17-7-16(3,21)11-5-4-6-22-11/h4-6,8,21H,7H2,1-3H3,(H,17,18,19). The molecule has 3 aromatic rings. The van der Waals surface area contributed by atoms with Gasteiger partial charge in [-0.1, -0.05) is 0 Å². The minimum absolute atomic E-state index is 0.128. The van der Waals surface area contributed by atoms with Crippen LogP contribution in [0, 0.1) is 6.92 Å². The van der Waals surface area contributed by atoms with Gasteiger partial charge in [0.2, 0.25) is 5.71 Å². The molecule has 0 saturated carbocycles. The molecule has 0 radical (unpaired) electrons. The lowest BCUT2D eigenvalue weighted by Gasteiger charge is -2.21. The molecule has 1 atom stereocenters. The summed E-state index contributed by atoms with van der Waals surface area (Å²) < 4.78 is 10.8. The predicted molar refractivity (Wildman–Crippen MR) is 83.3 cm³/mol. The van der Waals surface area contributed by atoms with E-state index in [-0.39, 0.29) is 12.3 Å². The monoisotopic (exact) mass is 315 g/mol. The average Bonchev–Trinajstić information content (AvgIpc) is 3.11. The Bertz CT molecular complexity index is 850. The number of nitrogens with one attached hydrogen (secondary N) is 1. The maximum absolute atomic E-state index is 11.9. The number of fused-ring (bicyclic) bond motifs is 1. The van der Waals surface area contributed by atoms with Gasteiger partial charge in [-0.05, 0) is 32.9 Å². The highest BCUT2D eigenvalue weighted by Gasteiger charge is 2.27. The molecule has 0 aliphatic rings. The number of aryl methyl sites for hydroxylation is 1. The Morgan fingerprint density at radius 1 is 1.43 bits per heavy atom. The third-order valence-corrected chi connectivity index (χ3v) is 3.67. The molecule has 120 valence electrons. The molecule has 0 aliphatic carbocycles. The van der Waals surface area contributed by atoms with E-state index in [2.05, 4.69) is 15.3 Å². The Labute approximate surface area is 132 Å². The van der Waals surface area contributed by atoms with Gasteiger partial charge in [0.1, 0.15) is 29.3 Å². The van der Waals surface area contributed by atoms with Gasteiger partial charge in [-0.2, -0.15) is 0 Å². The van der Waals surface area contributed by atoms with Crippen molar-refractivity contribution in [3.63, 3.8) is 0 Å². The van der Waals surface area contributed by atoms with Gasteiger partial charge in [0, 0.05) is 0 Å². The Balaban J connectivity index is 1.96. The Morgan fingerprint density at radius 3 is 2.87 bits per heavy atom. The van der Waals surface area contributed by atoms with Gasteiger partial charge in [-0.25, -0.2) is 9.97 Å². The maximum atomic E-state index is 11.9. The summed E-state index contributed by atoms with van der Waals surface area (Å²) in [5, 5.41) is 14.1. The van der Waals surface area contributed by atoms with Crippen LogP contribution in [0.4, 0.5) is 5.82 Å². The fraction of sp³-hybridized carbons (Fsp3) is 0.312. The number of hydrogen-bond acceptors (Lipinski definition) is 7. The highest BCUT2D eigenvalue weighted by atomic mass is 16.4. The summed E-state index contributed by atoms with van der Waals surface area (Å²) in [6, 6.07) is 3.40. The normalized spacial score (nSPS) is 13.9. The lowest BCUT2D eigenvalue weighted by molar-refractivity contribution is 0.0476. The first-order chi connectivity index (χ1) is 10.9. The quantitative estimate of drug-likeness (QED) is 0.698. The number of carbonyl (C=O) groups excluding carboxylic acids is 1. The van der Waals surface area contributed by atoms with Gasteiger partial charge >= 0.3 is 0 Å². The molecule has 0 amide bonds. The summed E-state index contributed by atoms with van der Waals surface area (Å²) in [5.74, 6) is 1.24. The smallest absolute Gasteiger partial charge is 0.232 e. The molecular formula is C16H17N3O4. The van der Waals surface area contributed by atoms with Crippen molar-refractivity contribution in [2.75, 3.05) is 11.9 Å². The molecule has 3 rings (SSSR count). The zero-order chi connectivity index (χ0) is 16.6. The van der Waals surface area contributed by atoms with Crippen molar-refractivity contribution < 1.29 is 18.7 Å². The Hall–Kier alpha value is -2.67. The fourth-order valence-corrected chi connectivity index (χ4v) is 2.53. The van der Waals surface area contributed by atoms with Crippen molar-refractivity contribution in [1.82, 2.24) is 9.97 Å². The van der Waals surface area contributed by atoms with Crippen molar-refractivity contribution in [2.45, 2.75) is 26.4 Å². The van der Waals surface area contributed by atoms with Crippen LogP contribution in [0.1, 0.15) is 35.7 Å². The Morgan fingerprint density at radius 2 is 2.22 bits per heavy atom. The van der Waals surface area contributed by atoms with Crippen molar-refractivity contribution in [3.05, 3.63) is 41.8 Å². The van der Waals surface area contributed by atoms with Gasteiger partial charge in [0.05, 0.1) is 23.8 Å². The second-order valence-corrected chi connectivity index (χ2v) is 5.60. The van der Waals surface area contributed by atoms with E-state index in [9.17, 15) is 9.90 Å². The van der Waals surface area contributed by atoms with Gasteiger partial charge in [0.25, 0.3) is 0 Å². The van der Waals surface area contributed by atoms with E-state index in [0.717, 1.165) is 0 Å². The van der Waals surface area contributed by atoms with E-state index in [1.165, 1.54) is 19.5 Å².